The topological polar surface area (TPSA) is 28.6 Å². The van der Waals surface area contributed by atoms with E-state index in [2.05, 4.69) is 26.9 Å². The molecule has 0 amide bonds. The van der Waals surface area contributed by atoms with Crippen molar-refractivity contribution in [3.63, 3.8) is 0 Å². The van der Waals surface area contributed by atoms with Crippen molar-refractivity contribution < 1.29 is 4.74 Å². The molecule has 1 aromatic rings. The number of pyridine rings is 1. The fourth-order valence-corrected chi connectivity index (χ4v) is 3.07. The van der Waals surface area contributed by atoms with Crippen molar-refractivity contribution in [3.05, 3.63) is 24.4 Å². The predicted molar refractivity (Wildman–Crippen MR) is 85.7 cm³/mol. The van der Waals surface area contributed by atoms with E-state index in [4.69, 9.17) is 4.74 Å². The summed E-state index contributed by atoms with van der Waals surface area (Å²) >= 11 is 0. The highest BCUT2D eigenvalue weighted by Gasteiger charge is 2.18. The van der Waals surface area contributed by atoms with E-state index in [0.717, 1.165) is 51.1 Å². The zero-order chi connectivity index (χ0) is 14.3. The molecule has 1 saturated carbocycles. The van der Waals surface area contributed by atoms with Crippen LogP contribution in [0.4, 0.5) is 5.82 Å². The zero-order valence-corrected chi connectivity index (χ0v) is 12.9. The number of hydrogen-bond donors (Lipinski definition) is 0. The monoisotopic (exact) mass is 289 g/mol. The Kier molecular flexibility index (Phi) is 5.46. The van der Waals surface area contributed by atoms with Gasteiger partial charge in [-0.3, -0.25) is 4.90 Å². The minimum Gasteiger partial charge on any atom is -0.380 e. The lowest BCUT2D eigenvalue weighted by Crippen LogP contribution is -2.33. The lowest BCUT2D eigenvalue weighted by Gasteiger charge is -2.26. The van der Waals surface area contributed by atoms with Crippen molar-refractivity contribution in [2.75, 3.05) is 50.8 Å². The maximum Gasteiger partial charge on any atom is 0.128 e. The first kappa shape index (κ1) is 14.8. The van der Waals surface area contributed by atoms with Gasteiger partial charge in [-0.2, -0.15) is 0 Å². The Labute approximate surface area is 128 Å². The third kappa shape index (κ3) is 4.42. The average Bonchev–Trinajstić information content (AvgIpc) is 2.72. The van der Waals surface area contributed by atoms with E-state index >= 15 is 0 Å². The third-order valence-electron chi connectivity index (χ3n) is 4.69. The van der Waals surface area contributed by atoms with E-state index < -0.39 is 0 Å². The van der Waals surface area contributed by atoms with Gasteiger partial charge in [-0.1, -0.05) is 12.5 Å². The SMILES string of the molecule is c1ccc(N2CCCN(CCOCC3CCC3)CC2)nc1. The second kappa shape index (κ2) is 7.76. The molecular weight excluding hydrogens is 262 g/mol. The molecule has 2 heterocycles. The van der Waals surface area contributed by atoms with E-state index in [1.807, 2.05) is 12.3 Å². The second-order valence-electron chi connectivity index (χ2n) is 6.24. The number of aromatic nitrogens is 1. The number of hydrogen-bond acceptors (Lipinski definition) is 4. The molecule has 0 aromatic carbocycles. The van der Waals surface area contributed by atoms with Crippen molar-refractivity contribution in [2.45, 2.75) is 25.7 Å². The summed E-state index contributed by atoms with van der Waals surface area (Å²) in [5.41, 5.74) is 0. The van der Waals surface area contributed by atoms with Crippen LogP contribution in [-0.2, 0) is 4.74 Å². The third-order valence-corrected chi connectivity index (χ3v) is 4.69. The molecule has 0 bridgehead atoms. The van der Waals surface area contributed by atoms with E-state index in [-0.39, 0.29) is 0 Å². The predicted octanol–water partition coefficient (Wildman–Crippen LogP) is 2.41. The standard InChI is InChI=1S/C17H27N3O/c1-2-8-18-17(7-1)20-10-4-9-19(11-12-20)13-14-21-15-16-5-3-6-16/h1-2,7-8,16H,3-6,9-15H2. The largest absolute Gasteiger partial charge is 0.380 e. The van der Waals surface area contributed by atoms with Gasteiger partial charge in [-0.05, 0) is 43.9 Å². The Morgan fingerprint density at radius 1 is 1.10 bits per heavy atom. The van der Waals surface area contributed by atoms with Crippen molar-refractivity contribution in [3.8, 4) is 0 Å². The molecular formula is C17H27N3O. The van der Waals surface area contributed by atoms with E-state index in [9.17, 15) is 0 Å². The molecule has 0 atom stereocenters. The van der Waals surface area contributed by atoms with Crippen LogP contribution in [0.2, 0.25) is 0 Å². The minimum atomic E-state index is 0.855. The zero-order valence-electron chi connectivity index (χ0n) is 12.9. The lowest BCUT2D eigenvalue weighted by atomic mass is 9.86. The van der Waals surface area contributed by atoms with Crippen LogP contribution in [-0.4, -0.2) is 55.8 Å². The first-order valence-corrected chi connectivity index (χ1v) is 8.38. The van der Waals surface area contributed by atoms with Gasteiger partial charge < -0.3 is 9.64 Å². The fourth-order valence-electron chi connectivity index (χ4n) is 3.07. The average molecular weight is 289 g/mol. The maximum atomic E-state index is 5.82. The molecule has 4 nitrogen and oxygen atoms in total. The highest BCUT2D eigenvalue weighted by molar-refractivity contribution is 5.37. The summed E-state index contributed by atoms with van der Waals surface area (Å²) in [4.78, 5) is 9.39. The summed E-state index contributed by atoms with van der Waals surface area (Å²) in [6, 6.07) is 6.16. The van der Waals surface area contributed by atoms with Crippen LogP contribution in [0.25, 0.3) is 0 Å². The van der Waals surface area contributed by atoms with Crippen molar-refractivity contribution in [1.29, 1.82) is 0 Å². The molecule has 0 N–H and O–H groups in total. The molecule has 0 unspecified atom stereocenters. The van der Waals surface area contributed by atoms with Crippen molar-refractivity contribution in [2.24, 2.45) is 5.92 Å². The van der Waals surface area contributed by atoms with E-state index in [0.29, 0.717) is 0 Å². The second-order valence-corrected chi connectivity index (χ2v) is 6.24. The summed E-state index contributed by atoms with van der Waals surface area (Å²) in [7, 11) is 0. The number of nitrogens with zero attached hydrogens (tertiary/aromatic N) is 3. The molecule has 4 heteroatoms. The van der Waals surface area contributed by atoms with Crippen LogP contribution in [0.1, 0.15) is 25.7 Å². The van der Waals surface area contributed by atoms with E-state index in [1.165, 1.54) is 32.2 Å². The quantitative estimate of drug-likeness (QED) is 0.752. The van der Waals surface area contributed by atoms with Gasteiger partial charge in [0, 0.05) is 39.0 Å². The van der Waals surface area contributed by atoms with Crippen LogP contribution < -0.4 is 4.90 Å². The molecule has 2 fully saturated rings. The van der Waals surface area contributed by atoms with Crippen LogP contribution in [0.15, 0.2) is 24.4 Å². The Balaban J connectivity index is 1.36. The van der Waals surface area contributed by atoms with Gasteiger partial charge in [0.1, 0.15) is 5.82 Å². The minimum absolute atomic E-state index is 0.855. The Morgan fingerprint density at radius 3 is 2.81 bits per heavy atom. The van der Waals surface area contributed by atoms with Gasteiger partial charge in [0.2, 0.25) is 0 Å². The number of ether oxygens (including phenoxy) is 1. The normalized spacial score (nSPS) is 21.0. The summed E-state index contributed by atoms with van der Waals surface area (Å²) in [6.07, 6.45) is 7.25. The number of anilines is 1. The van der Waals surface area contributed by atoms with Crippen molar-refractivity contribution >= 4 is 5.82 Å². The molecule has 116 valence electrons. The molecule has 1 aliphatic carbocycles. The van der Waals surface area contributed by atoms with Crippen molar-refractivity contribution in [1.82, 2.24) is 9.88 Å². The Hall–Kier alpha value is -1.13. The molecule has 0 spiro atoms. The molecule has 3 rings (SSSR count). The highest BCUT2D eigenvalue weighted by Crippen LogP contribution is 2.26. The summed E-state index contributed by atoms with van der Waals surface area (Å²) in [6.45, 7) is 7.41. The molecule has 2 aliphatic rings. The van der Waals surface area contributed by atoms with Gasteiger partial charge in [0.15, 0.2) is 0 Å². The summed E-state index contributed by atoms with van der Waals surface area (Å²) in [5.74, 6) is 1.97. The summed E-state index contributed by atoms with van der Waals surface area (Å²) < 4.78 is 5.82. The van der Waals surface area contributed by atoms with Crippen LogP contribution in [0.5, 0.6) is 0 Å². The number of rotatable bonds is 6. The summed E-state index contributed by atoms with van der Waals surface area (Å²) in [5, 5.41) is 0. The highest BCUT2D eigenvalue weighted by atomic mass is 16.5. The first-order chi connectivity index (χ1) is 10.4. The smallest absolute Gasteiger partial charge is 0.128 e. The van der Waals surface area contributed by atoms with Gasteiger partial charge in [0.25, 0.3) is 0 Å². The van der Waals surface area contributed by atoms with Gasteiger partial charge in [-0.25, -0.2) is 4.98 Å². The Morgan fingerprint density at radius 2 is 2.05 bits per heavy atom. The molecule has 0 radical (unpaired) electrons. The molecule has 1 aromatic heterocycles. The first-order valence-electron chi connectivity index (χ1n) is 8.38. The maximum absolute atomic E-state index is 5.82. The van der Waals surface area contributed by atoms with Crippen LogP contribution >= 0.6 is 0 Å². The van der Waals surface area contributed by atoms with Gasteiger partial charge >= 0.3 is 0 Å². The molecule has 1 saturated heterocycles. The molecule has 21 heavy (non-hydrogen) atoms. The van der Waals surface area contributed by atoms with Crippen LogP contribution in [0, 0.1) is 5.92 Å². The fraction of sp³-hybridized carbons (Fsp3) is 0.706. The van der Waals surface area contributed by atoms with Gasteiger partial charge in [0.05, 0.1) is 6.61 Å². The Bertz CT molecular complexity index is 408. The van der Waals surface area contributed by atoms with Gasteiger partial charge in [-0.15, -0.1) is 0 Å². The molecule has 1 aliphatic heterocycles. The van der Waals surface area contributed by atoms with E-state index in [1.54, 1.807) is 0 Å². The lowest BCUT2D eigenvalue weighted by molar-refractivity contribution is 0.0558. The van der Waals surface area contributed by atoms with Crippen LogP contribution in [0.3, 0.4) is 0 Å².